The number of rotatable bonds is 5. The highest BCUT2D eigenvalue weighted by molar-refractivity contribution is 5.33. The van der Waals surface area contributed by atoms with E-state index >= 15 is 0 Å². The fraction of sp³-hybridized carbons (Fsp3) is 0.429. The molecule has 1 nitrogen and oxygen atoms in total. The van der Waals surface area contributed by atoms with Crippen LogP contribution in [0.3, 0.4) is 0 Å². The summed E-state index contributed by atoms with van der Waals surface area (Å²) >= 11 is 0. The standard InChI is InChI=1S/C14H19F2N/c1-5-8-17-14(9(2)3)12-11(15)7-6-10(4)13(12)16/h6-7,14,17H,2,5,8H2,1,3-4H3. The monoisotopic (exact) mass is 239 g/mol. The normalized spacial score (nSPS) is 12.5. The number of benzene rings is 1. The number of halogens is 2. The van der Waals surface area contributed by atoms with Crippen LogP contribution in [-0.4, -0.2) is 6.54 Å². The van der Waals surface area contributed by atoms with Crippen LogP contribution in [-0.2, 0) is 0 Å². The topological polar surface area (TPSA) is 12.0 Å². The van der Waals surface area contributed by atoms with Crippen LogP contribution in [0.4, 0.5) is 8.78 Å². The lowest BCUT2D eigenvalue weighted by atomic mass is 9.97. The first-order chi connectivity index (χ1) is 7.99. The van der Waals surface area contributed by atoms with Crippen LogP contribution in [0.2, 0.25) is 0 Å². The molecule has 1 aromatic rings. The van der Waals surface area contributed by atoms with E-state index in [1.165, 1.54) is 12.1 Å². The third-order valence-electron chi connectivity index (χ3n) is 2.70. The molecule has 0 spiro atoms. The molecule has 94 valence electrons. The summed E-state index contributed by atoms with van der Waals surface area (Å²) < 4.78 is 27.7. The van der Waals surface area contributed by atoms with Gasteiger partial charge in [-0.25, -0.2) is 8.78 Å². The Balaban J connectivity index is 3.17. The van der Waals surface area contributed by atoms with Gasteiger partial charge in [-0.1, -0.05) is 25.1 Å². The molecule has 0 fully saturated rings. The second-order valence-corrected chi connectivity index (χ2v) is 4.33. The van der Waals surface area contributed by atoms with Gasteiger partial charge in [-0.3, -0.25) is 0 Å². The second kappa shape index (κ2) is 5.92. The molecule has 0 radical (unpaired) electrons. The molecule has 0 aliphatic rings. The summed E-state index contributed by atoms with van der Waals surface area (Å²) in [5, 5.41) is 3.11. The molecule has 17 heavy (non-hydrogen) atoms. The Kier molecular flexibility index (Phi) is 4.82. The van der Waals surface area contributed by atoms with Gasteiger partial charge < -0.3 is 5.32 Å². The van der Waals surface area contributed by atoms with Crippen molar-refractivity contribution in [2.24, 2.45) is 0 Å². The van der Waals surface area contributed by atoms with Gasteiger partial charge >= 0.3 is 0 Å². The van der Waals surface area contributed by atoms with Crippen molar-refractivity contribution in [3.05, 3.63) is 47.0 Å². The van der Waals surface area contributed by atoms with E-state index in [-0.39, 0.29) is 5.56 Å². The van der Waals surface area contributed by atoms with E-state index < -0.39 is 17.7 Å². The minimum absolute atomic E-state index is 0.0750. The van der Waals surface area contributed by atoms with Gasteiger partial charge in [-0.2, -0.15) is 0 Å². The molecule has 1 rings (SSSR count). The number of hydrogen-bond donors (Lipinski definition) is 1. The van der Waals surface area contributed by atoms with Crippen LogP contribution in [0.25, 0.3) is 0 Å². The number of hydrogen-bond acceptors (Lipinski definition) is 1. The van der Waals surface area contributed by atoms with Gasteiger partial charge in [0.2, 0.25) is 0 Å². The minimum Gasteiger partial charge on any atom is -0.306 e. The lowest BCUT2D eigenvalue weighted by Crippen LogP contribution is -2.25. The summed E-state index contributed by atoms with van der Waals surface area (Å²) in [6, 6.07) is 2.29. The molecule has 0 saturated heterocycles. The Bertz CT molecular complexity index is 413. The Morgan fingerprint density at radius 2 is 2.06 bits per heavy atom. The van der Waals surface area contributed by atoms with Crippen molar-refractivity contribution in [1.82, 2.24) is 5.32 Å². The van der Waals surface area contributed by atoms with E-state index in [0.29, 0.717) is 17.7 Å². The molecule has 0 aliphatic heterocycles. The van der Waals surface area contributed by atoms with Crippen molar-refractivity contribution in [2.45, 2.75) is 33.2 Å². The Morgan fingerprint density at radius 1 is 1.41 bits per heavy atom. The van der Waals surface area contributed by atoms with Gasteiger partial charge in [0.25, 0.3) is 0 Å². The maximum Gasteiger partial charge on any atom is 0.134 e. The number of nitrogens with one attached hydrogen (secondary N) is 1. The van der Waals surface area contributed by atoms with Crippen LogP contribution in [0.5, 0.6) is 0 Å². The van der Waals surface area contributed by atoms with Gasteiger partial charge in [-0.15, -0.1) is 0 Å². The number of aryl methyl sites for hydroxylation is 1. The summed E-state index contributed by atoms with van der Waals surface area (Å²) in [4.78, 5) is 0. The smallest absolute Gasteiger partial charge is 0.134 e. The lowest BCUT2D eigenvalue weighted by molar-refractivity contribution is 0.496. The highest BCUT2D eigenvalue weighted by Crippen LogP contribution is 2.27. The molecule has 0 bridgehead atoms. The summed E-state index contributed by atoms with van der Waals surface area (Å²) in [5.41, 5.74) is 1.23. The van der Waals surface area contributed by atoms with E-state index in [2.05, 4.69) is 11.9 Å². The molecular weight excluding hydrogens is 220 g/mol. The van der Waals surface area contributed by atoms with Crippen molar-refractivity contribution in [1.29, 1.82) is 0 Å². The molecule has 0 saturated carbocycles. The zero-order valence-electron chi connectivity index (χ0n) is 10.6. The van der Waals surface area contributed by atoms with E-state index in [1.807, 2.05) is 6.92 Å². The largest absolute Gasteiger partial charge is 0.306 e. The lowest BCUT2D eigenvalue weighted by Gasteiger charge is -2.21. The molecular formula is C14H19F2N. The molecule has 1 aromatic carbocycles. The van der Waals surface area contributed by atoms with Gasteiger partial charge in [-0.05, 0) is 38.4 Å². The third-order valence-corrected chi connectivity index (χ3v) is 2.70. The van der Waals surface area contributed by atoms with E-state index in [0.717, 1.165) is 6.42 Å². The molecule has 1 unspecified atom stereocenters. The quantitative estimate of drug-likeness (QED) is 0.769. The molecule has 0 aromatic heterocycles. The molecule has 0 amide bonds. The molecule has 1 N–H and O–H groups in total. The average Bonchev–Trinajstić information content (AvgIpc) is 2.28. The second-order valence-electron chi connectivity index (χ2n) is 4.33. The van der Waals surface area contributed by atoms with Crippen LogP contribution in [0.1, 0.15) is 37.4 Å². The minimum atomic E-state index is -0.523. The van der Waals surface area contributed by atoms with Crippen molar-refractivity contribution < 1.29 is 8.78 Å². The third kappa shape index (κ3) is 3.13. The van der Waals surface area contributed by atoms with Gasteiger partial charge in [0.1, 0.15) is 11.6 Å². The Hall–Kier alpha value is -1.22. The van der Waals surface area contributed by atoms with Crippen molar-refractivity contribution in [2.75, 3.05) is 6.54 Å². The van der Waals surface area contributed by atoms with Crippen molar-refractivity contribution in [3.63, 3.8) is 0 Å². The van der Waals surface area contributed by atoms with Crippen LogP contribution < -0.4 is 5.32 Å². The highest BCUT2D eigenvalue weighted by Gasteiger charge is 2.21. The summed E-state index contributed by atoms with van der Waals surface area (Å²) in [6.45, 7) is 9.91. The van der Waals surface area contributed by atoms with E-state index in [4.69, 9.17) is 0 Å². The Morgan fingerprint density at radius 3 is 2.59 bits per heavy atom. The van der Waals surface area contributed by atoms with Crippen LogP contribution >= 0.6 is 0 Å². The van der Waals surface area contributed by atoms with Crippen molar-refractivity contribution >= 4 is 0 Å². The first kappa shape index (κ1) is 13.8. The van der Waals surface area contributed by atoms with Gasteiger partial charge in [0, 0.05) is 5.56 Å². The van der Waals surface area contributed by atoms with Gasteiger partial charge in [0.15, 0.2) is 0 Å². The molecule has 1 atom stereocenters. The van der Waals surface area contributed by atoms with Gasteiger partial charge in [0.05, 0.1) is 6.04 Å². The summed E-state index contributed by atoms with van der Waals surface area (Å²) in [5.74, 6) is -1.01. The SMILES string of the molecule is C=C(C)C(NCCC)c1c(F)ccc(C)c1F. The molecule has 3 heteroatoms. The van der Waals surface area contributed by atoms with Crippen LogP contribution in [0, 0.1) is 18.6 Å². The summed E-state index contributed by atoms with van der Waals surface area (Å²) in [6.07, 6.45) is 0.902. The van der Waals surface area contributed by atoms with E-state index in [9.17, 15) is 8.78 Å². The van der Waals surface area contributed by atoms with Crippen LogP contribution in [0.15, 0.2) is 24.3 Å². The highest BCUT2D eigenvalue weighted by atomic mass is 19.1. The Labute approximate surface area is 102 Å². The van der Waals surface area contributed by atoms with Crippen molar-refractivity contribution in [3.8, 4) is 0 Å². The zero-order valence-corrected chi connectivity index (χ0v) is 10.6. The molecule has 0 heterocycles. The maximum absolute atomic E-state index is 14.0. The first-order valence-corrected chi connectivity index (χ1v) is 5.82. The average molecular weight is 239 g/mol. The fourth-order valence-corrected chi connectivity index (χ4v) is 1.75. The van der Waals surface area contributed by atoms with E-state index in [1.54, 1.807) is 13.8 Å². The maximum atomic E-state index is 14.0. The predicted molar refractivity (Wildman–Crippen MR) is 66.9 cm³/mol. The summed E-state index contributed by atoms with van der Waals surface area (Å²) in [7, 11) is 0. The molecule has 0 aliphatic carbocycles. The fourth-order valence-electron chi connectivity index (χ4n) is 1.75. The predicted octanol–water partition coefficient (Wildman–Crippen LogP) is 3.89. The first-order valence-electron chi connectivity index (χ1n) is 5.82. The zero-order chi connectivity index (χ0) is 13.0.